The number of amides is 2. The summed E-state index contributed by atoms with van der Waals surface area (Å²) in [5.41, 5.74) is 7.83. The molecule has 0 radical (unpaired) electrons. The molecule has 1 aromatic heterocycles. The van der Waals surface area contributed by atoms with Gasteiger partial charge >= 0.3 is 0 Å². The van der Waals surface area contributed by atoms with E-state index in [1.54, 1.807) is 29.1 Å². The van der Waals surface area contributed by atoms with Gasteiger partial charge in [-0.15, -0.1) is 0 Å². The molecule has 0 saturated heterocycles. The Bertz CT molecular complexity index is 979. The van der Waals surface area contributed by atoms with E-state index in [9.17, 15) is 14.0 Å². The van der Waals surface area contributed by atoms with Crippen molar-refractivity contribution in [2.45, 2.75) is 0 Å². The van der Waals surface area contributed by atoms with Gasteiger partial charge in [0.15, 0.2) is 0 Å². The first kappa shape index (κ1) is 18.1. The van der Waals surface area contributed by atoms with Crippen molar-refractivity contribution in [3.8, 4) is 16.9 Å². The fourth-order valence-electron chi connectivity index (χ4n) is 2.45. The van der Waals surface area contributed by atoms with Crippen molar-refractivity contribution in [1.82, 2.24) is 15.1 Å². The summed E-state index contributed by atoms with van der Waals surface area (Å²) in [4.78, 5) is 22.6. The summed E-state index contributed by atoms with van der Waals surface area (Å²) >= 11 is 0. The minimum Gasteiger partial charge on any atom is -0.368 e. The summed E-state index contributed by atoms with van der Waals surface area (Å²) in [6.45, 7) is -0.239. The lowest BCUT2D eigenvalue weighted by molar-refractivity contribution is -0.122. The molecular formula is C20H17FN4O2. The predicted molar refractivity (Wildman–Crippen MR) is 100 cm³/mol. The molecule has 6 nitrogen and oxygen atoms in total. The summed E-state index contributed by atoms with van der Waals surface area (Å²) in [6, 6.07) is 15.4. The van der Waals surface area contributed by atoms with Crippen molar-refractivity contribution in [3.63, 3.8) is 0 Å². The van der Waals surface area contributed by atoms with Crippen molar-refractivity contribution in [1.29, 1.82) is 0 Å². The van der Waals surface area contributed by atoms with E-state index in [2.05, 4.69) is 10.4 Å². The molecule has 0 aliphatic rings. The molecule has 0 aliphatic heterocycles. The molecule has 7 heteroatoms. The van der Waals surface area contributed by atoms with Gasteiger partial charge < -0.3 is 11.1 Å². The maximum atomic E-state index is 13.2. The molecule has 0 fully saturated rings. The van der Waals surface area contributed by atoms with Gasteiger partial charge in [-0.25, -0.2) is 9.07 Å². The predicted octanol–water partition coefficient (Wildman–Crippen LogP) is 2.29. The van der Waals surface area contributed by atoms with Gasteiger partial charge in [0.2, 0.25) is 11.8 Å². The molecule has 0 atom stereocenters. The average Bonchev–Trinajstić information content (AvgIpc) is 3.10. The first-order chi connectivity index (χ1) is 13.0. The average molecular weight is 364 g/mol. The Balaban J connectivity index is 1.95. The fraction of sp³-hybridized carbons (Fsp3) is 0.0500. The van der Waals surface area contributed by atoms with Crippen LogP contribution < -0.4 is 11.1 Å². The highest BCUT2D eigenvalue weighted by Crippen LogP contribution is 2.25. The number of primary amides is 1. The molecule has 3 N–H and O–H groups in total. The molecule has 1 heterocycles. The Labute approximate surface area is 155 Å². The number of hydrogen-bond donors (Lipinski definition) is 2. The van der Waals surface area contributed by atoms with Gasteiger partial charge in [0.25, 0.3) is 0 Å². The van der Waals surface area contributed by atoms with Crippen molar-refractivity contribution >= 4 is 17.9 Å². The lowest BCUT2D eigenvalue weighted by Gasteiger charge is -2.00. The highest BCUT2D eigenvalue weighted by atomic mass is 19.1. The van der Waals surface area contributed by atoms with Crippen LogP contribution in [0, 0.1) is 5.82 Å². The van der Waals surface area contributed by atoms with E-state index in [1.807, 2.05) is 30.3 Å². The van der Waals surface area contributed by atoms with Crippen LogP contribution in [-0.4, -0.2) is 28.1 Å². The Morgan fingerprint density at radius 3 is 2.48 bits per heavy atom. The smallest absolute Gasteiger partial charge is 0.244 e. The zero-order valence-corrected chi connectivity index (χ0v) is 14.3. The third-order valence-corrected chi connectivity index (χ3v) is 3.73. The van der Waals surface area contributed by atoms with E-state index in [-0.39, 0.29) is 12.4 Å². The number of nitrogens with zero attached hydrogens (tertiary/aromatic N) is 2. The quantitative estimate of drug-likeness (QED) is 0.658. The maximum absolute atomic E-state index is 13.2. The molecule has 136 valence electrons. The molecule has 0 saturated carbocycles. The largest absolute Gasteiger partial charge is 0.368 e. The summed E-state index contributed by atoms with van der Waals surface area (Å²) in [6.07, 6.45) is 4.65. The SMILES string of the molecule is NC(=O)CNC(=O)/C=C/c1cn(-c2ccccc2)nc1-c1ccc(F)cc1. The van der Waals surface area contributed by atoms with Crippen LogP contribution in [0.1, 0.15) is 5.56 Å². The molecule has 3 aromatic rings. The highest BCUT2D eigenvalue weighted by molar-refractivity contribution is 5.94. The van der Waals surface area contributed by atoms with Crippen LogP contribution in [0.25, 0.3) is 23.0 Å². The zero-order valence-electron chi connectivity index (χ0n) is 14.3. The third kappa shape index (κ3) is 4.66. The number of carbonyl (C=O) groups excluding carboxylic acids is 2. The lowest BCUT2D eigenvalue weighted by atomic mass is 10.1. The lowest BCUT2D eigenvalue weighted by Crippen LogP contribution is -2.32. The molecule has 0 spiro atoms. The van der Waals surface area contributed by atoms with E-state index in [1.165, 1.54) is 18.2 Å². The number of hydrogen-bond acceptors (Lipinski definition) is 3. The number of carbonyl (C=O) groups is 2. The second-order valence-corrected chi connectivity index (χ2v) is 5.74. The number of nitrogens with two attached hydrogens (primary N) is 1. The topological polar surface area (TPSA) is 90.0 Å². The van der Waals surface area contributed by atoms with E-state index in [4.69, 9.17) is 5.73 Å². The van der Waals surface area contributed by atoms with E-state index in [0.717, 1.165) is 5.69 Å². The Hall–Kier alpha value is -3.74. The van der Waals surface area contributed by atoms with Crippen LogP contribution in [-0.2, 0) is 9.59 Å². The Morgan fingerprint density at radius 1 is 1.11 bits per heavy atom. The standard InChI is InChI=1S/C20H17FN4O2/c21-16-9-6-14(7-10-16)20-15(8-11-19(27)23-12-18(22)26)13-25(24-20)17-4-2-1-3-5-17/h1-11,13H,12H2,(H2,22,26)(H,23,27)/b11-8+. The summed E-state index contributed by atoms with van der Waals surface area (Å²) in [7, 11) is 0. The van der Waals surface area contributed by atoms with Gasteiger partial charge in [-0.05, 0) is 42.5 Å². The van der Waals surface area contributed by atoms with Crippen LogP contribution in [0.4, 0.5) is 4.39 Å². The summed E-state index contributed by atoms with van der Waals surface area (Å²) < 4.78 is 14.9. The van der Waals surface area contributed by atoms with Gasteiger partial charge in [0.05, 0.1) is 17.9 Å². The Kier molecular flexibility index (Phi) is 5.41. The number of benzene rings is 2. The van der Waals surface area contributed by atoms with Crippen molar-refractivity contribution in [3.05, 3.63) is 78.3 Å². The van der Waals surface area contributed by atoms with Crippen LogP contribution >= 0.6 is 0 Å². The first-order valence-corrected chi connectivity index (χ1v) is 8.18. The number of rotatable bonds is 6. The van der Waals surface area contributed by atoms with Gasteiger partial charge in [-0.2, -0.15) is 5.10 Å². The van der Waals surface area contributed by atoms with E-state index in [0.29, 0.717) is 16.8 Å². The molecule has 0 bridgehead atoms. The second-order valence-electron chi connectivity index (χ2n) is 5.74. The van der Waals surface area contributed by atoms with Gasteiger partial charge in [-0.3, -0.25) is 9.59 Å². The van der Waals surface area contributed by atoms with Crippen LogP contribution in [0.3, 0.4) is 0 Å². The van der Waals surface area contributed by atoms with Crippen molar-refractivity contribution in [2.75, 3.05) is 6.54 Å². The molecule has 3 rings (SSSR count). The van der Waals surface area contributed by atoms with Crippen LogP contribution in [0.5, 0.6) is 0 Å². The normalized spacial score (nSPS) is 10.9. The first-order valence-electron chi connectivity index (χ1n) is 8.18. The van der Waals surface area contributed by atoms with Crippen molar-refractivity contribution in [2.24, 2.45) is 5.73 Å². The number of para-hydroxylation sites is 1. The highest BCUT2D eigenvalue weighted by Gasteiger charge is 2.11. The van der Waals surface area contributed by atoms with Crippen molar-refractivity contribution < 1.29 is 14.0 Å². The monoisotopic (exact) mass is 364 g/mol. The van der Waals surface area contributed by atoms with Crippen LogP contribution in [0.15, 0.2) is 66.9 Å². The molecule has 27 heavy (non-hydrogen) atoms. The number of nitrogens with one attached hydrogen (secondary N) is 1. The second kappa shape index (κ2) is 8.09. The van der Waals surface area contributed by atoms with Crippen LogP contribution in [0.2, 0.25) is 0 Å². The van der Waals surface area contributed by atoms with E-state index < -0.39 is 11.8 Å². The molecule has 0 unspecified atom stereocenters. The van der Waals surface area contributed by atoms with Gasteiger partial charge in [0.1, 0.15) is 5.82 Å². The molecule has 0 aliphatic carbocycles. The summed E-state index contributed by atoms with van der Waals surface area (Å²) in [5, 5.41) is 6.95. The third-order valence-electron chi connectivity index (χ3n) is 3.73. The maximum Gasteiger partial charge on any atom is 0.244 e. The van der Waals surface area contributed by atoms with Gasteiger partial charge in [0, 0.05) is 23.4 Å². The van der Waals surface area contributed by atoms with Gasteiger partial charge in [-0.1, -0.05) is 18.2 Å². The molecule has 2 aromatic carbocycles. The number of halogens is 1. The minimum absolute atomic E-state index is 0.239. The van der Waals surface area contributed by atoms with E-state index >= 15 is 0 Å². The summed E-state index contributed by atoms with van der Waals surface area (Å²) in [5.74, 6) is -1.42. The molecule has 2 amide bonds. The number of aromatic nitrogens is 2. The Morgan fingerprint density at radius 2 is 1.81 bits per heavy atom. The molecular weight excluding hydrogens is 347 g/mol. The fourth-order valence-corrected chi connectivity index (χ4v) is 2.45. The minimum atomic E-state index is -0.624. The zero-order chi connectivity index (χ0) is 19.2.